The number of pyridine rings is 1. The molecule has 4 heterocycles. The van der Waals surface area contributed by atoms with E-state index in [0.717, 1.165) is 28.6 Å². The van der Waals surface area contributed by atoms with Gasteiger partial charge in [0.25, 0.3) is 0 Å². The van der Waals surface area contributed by atoms with Crippen LogP contribution in [-0.2, 0) is 11.6 Å². The largest absolute Gasteiger partial charge is 0.433 e. The summed E-state index contributed by atoms with van der Waals surface area (Å²) in [5, 5.41) is 15.1. The number of nitrogens with one attached hydrogen (secondary N) is 1. The molecule has 33 heavy (non-hydrogen) atoms. The van der Waals surface area contributed by atoms with Crippen LogP contribution in [0.2, 0.25) is 0 Å². The topological polar surface area (TPSA) is 99.2 Å². The lowest BCUT2D eigenvalue weighted by Gasteiger charge is -2.28. The third-order valence-electron chi connectivity index (χ3n) is 5.23. The second-order valence-corrected chi connectivity index (χ2v) is 7.63. The van der Waals surface area contributed by atoms with Crippen molar-refractivity contribution in [3.05, 3.63) is 47.2 Å². The number of amides is 2. The monoisotopic (exact) mass is 469 g/mol. The van der Waals surface area contributed by atoms with Gasteiger partial charge < -0.3 is 5.32 Å². The number of anilines is 2. The standard InChI is InChI=1S/C19H13F6N7O/c1-9-3-14-27-7-12-15(32(14)30-9)17(2,19(23,24)25)8-31(12)16(33)29-10-4-11(6-26)28-13(5-10)18(20,21)22/h3-5,7H,8H2,1-2H3,(H,28,29,33)/t17-/m1/s1. The molecule has 0 aromatic carbocycles. The van der Waals surface area contributed by atoms with Gasteiger partial charge in [0, 0.05) is 18.3 Å². The lowest BCUT2D eigenvalue weighted by atomic mass is 9.88. The summed E-state index contributed by atoms with van der Waals surface area (Å²) in [5.41, 5.74) is -5.03. The molecule has 0 saturated heterocycles. The molecule has 0 spiro atoms. The highest BCUT2D eigenvalue weighted by molar-refractivity contribution is 6.03. The maximum Gasteiger partial charge on any atom is 0.433 e. The molecule has 2 amide bonds. The Morgan fingerprint density at radius 3 is 2.52 bits per heavy atom. The van der Waals surface area contributed by atoms with Crippen LogP contribution in [0.5, 0.6) is 0 Å². The number of aromatic nitrogens is 4. The van der Waals surface area contributed by atoms with E-state index in [0.29, 0.717) is 11.8 Å². The van der Waals surface area contributed by atoms with Gasteiger partial charge in [-0.3, -0.25) is 4.90 Å². The molecule has 0 fully saturated rings. The quantitative estimate of drug-likeness (QED) is 0.539. The Morgan fingerprint density at radius 1 is 1.21 bits per heavy atom. The van der Waals surface area contributed by atoms with E-state index in [1.54, 1.807) is 6.92 Å². The number of carbonyl (C=O) groups excluding carboxylic acids is 1. The van der Waals surface area contributed by atoms with Gasteiger partial charge in [0.1, 0.15) is 22.9 Å². The van der Waals surface area contributed by atoms with Crippen molar-refractivity contribution < 1.29 is 31.1 Å². The Hall–Kier alpha value is -3.89. The maximum atomic E-state index is 14.1. The van der Waals surface area contributed by atoms with Gasteiger partial charge in [-0.05, 0) is 26.0 Å². The number of halogens is 6. The highest BCUT2D eigenvalue weighted by atomic mass is 19.4. The number of carbonyl (C=O) groups is 1. The molecule has 3 aromatic rings. The normalized spacial score (nSPS) is 18.3. The van der Waals surface area contributed by atoms with Gasteiger partial charge in [-0.1, -0.05) is 0 Å². The fourth-order valence-electron chi connectivity index (χ4n) is 3.63. The molecule has 0 bridgehead atoms. The highest BCUT2D eigenvalue weighted by Crippen LogP contribution is 2.49. The molecule has 0 unspecified atom stereocenters. The Bertz CT molecular complexity index is 1320. The number of hydrogen-bond donors (Lipinski definition) is 1. The third kappa shape index (κ3) is 3.59. The van der Waals surface area contributed by atoms with Crippen molar-refractivity contribution in [2.75, 3.05) is 16.8 Å². The average Bonchev–Trinajstić information content (AvgIpc) is 3.24. The van der Waals surface area contributed by atoms with E-state index < -0.39 is 47.4 Å². The van der Waals surface area contributed by atoms with E-state index in [1.165, 1.54) is 12.1 Å². The molecular weight excluding hydrogens is 456 g/mol. The van der Waals surface area contributed by atoms with Crippen LogP contribution < -0.4 is 10.2 Å². The summed E-state index contributed by atoms with van der Waals surface area (Å²) >= 11 is 0. The fraction of sp³-hybridized carbons (Fsp3) is 0.316. The molecule has 8 nitrogen and oxygen atoms in total. The van der Waals surface area contributed by atoms with Gasteiger partial charge >= 0.3 is 18.4 Å². The van der Waals surface area contributed by atoms with Crippen molar-refractivity contribution in [1.29, 1.82) is 5.26 Å². The summed E-state index contributed by atoms with van der Waals surface area (Å²) in [6.07, 6.45) is -8.62. The summed E-state index contributed by atoms with van der Waals surface area (Å²) in [6.45, 7) is 1.61. The van der Waals surface area contributed by atoms with Gasteiger partial charge in [0.2, 0.25) is 0 Å². The second-order valence-electron chi connectivity index (χ2n) is 7.63. The van der Waals surface area contributed by atoms with E-state index in [-0.39, 0.29) is 17.0 Å². The lowest BCUT2D eigenvalue weighted by Crippen LogP contribution is -2.46. The minimum Gasteiger partial charge on any atom is -0.307 e. The number of alkyl halides is 6. The average molecular weight is 469 g/mol. The number of nitrogens with zero attached hydrogens (tertiary/aromatic N) is 6. The van der Waals surface area contributed by atoms with E-state index in [9.17, 15) is 31.1 Å². The van der Waals surface area contributed by atoms with Crippen LogP contribution in [0.1, 0.15) is 29.7 Å². The number of aryl methyl sites for hydroxylation is 1. The van der Waals surface area contributed by atoms with Crippen molar-refractivity contribution in [1.82, 2.24) is 19.6 Å². The number of fused-ring (bicyclic) bond motifs is 3. The van der Waals surface area contributed by atoms with E-state index >= 15 is 0 Å². The van der Waals surface area contributed by atoms with Crippen LogP contribution >= 0.6 is 0 Å². The van der Waals surface area contributed by atoms with Crippen LogP contribution in [0.3, 0.4) is 0 Å². The summed E-state index contributed by atoms with van der Waals surface area (Å²) in [5.74, 6) is 0. The third-order valence-corrected chi connectivity index (χ3v) is 5.23. The van der Waals surface area contributed by atoms with E-state index in [2.05, 4.69) is 20.4 Å². The molecule has 0 aliphatic carbocycles. The summed E-state index contributed by atoms with van der Waals surface area (Å²) in [6, 6.07) is 3.14. The number of hydrogen-bond acceptors (Lipinski definition) is 5. The molecule has 1 aliphatic heterocycles. The second kappa shape index (κ2) is 7.06. The van der Waals surface area contributed by atoms with Crippen molar-refractivity contribution >= 4 is 23.1 Å². The smallest absolute Gasteiger partial charge is 0.307 e. The molecule has 0 saturated carbocycles. The molecule has 0 radical (unpaired) electrons. The summed E-state index contributed by atoms with van der Waals surface area (Å²) in [4.78, 5) is 20.8. The van der Waals surface area contributed by atoms with Crippen LogP contribution in [0.4, 0.5) is 42.5 Å². The van der Waals surface area contributed by atoms with Crippen LogP contribution in [0.25, 0.3) is 5.65 Å². The molecule has 1 N–H and O–H groups in total. The number of nitriles is 1. The lowest BCUT2D eigenvalue weighted by molar-refractivity contribution is -0.181. The first-order valence-electron chi connectivity index (χ1n) is 9.25. The summed E-state index contributed by atoms with van der Waals surface area (Å²) in [7, 11) is 0. The molecule has 4 rings (SSSR count). The van der Waals surface area contributed by atoms with E-state index in [4.69, 9.17) is 5.26 Å². The molecule has 14 heteroatoms. The van der Waals surface area contributed by atoms with Crippen molar-refractivity contribution in [2.24, 2.45) is 0 Å². The van der Waals surface area contributed by atoms with Crippen molar-refractivity contribution in [3.8, 4) is 6.07 Å². The zero-order valence-corrected chi connectivity index (χ0v) is 16.9. The predicted molar refractivity (Wildman–Crippen MR) is 101 cm³/mol. The van der Waals surface area contributed by atoms with Gasteiger partial charge in [0.15, 0.2) is 5.65 Å². The first kappa shape index (κ1) is 22.3. The van der Waals surface area contributed by atoms with Crippen LogP contribution in [-0.4, -0.2) is 38.3 Å². The molecule has 1 atom stereocenters. The zero-order valence-electron chi connectivity index (χ0n) is 16.9. The first-order chi connectivity index (χ1) is 15.2. The summed E-state index contributed by atoms with van der Waals surface area (Å²) < 4.78 is 82.5. The van der Waals surface area contributed by atoms with Crippen LogP contribution in [0.15, 0.2) is 24.4 Å². The fourth-order valence-corrected chi connectivity index (χ4v) is 3.63. The molecule has 3 aromatic heterocycles. The van der Waals surface area contributed by atoms with Gasteiger partial charge in [-0.15, -0.1) is 0 Å². The Balaban J connectivity index is 1.78. The predicted octanol–water partition coefficient (Wildman–Crippen LogP) is 4.20. The number of urea groups is 1. The van der Waals surface area contributed by atoms with Crippen LogP contribution in [0, 0.1) is 18.3 Å². The van der Waals surface area contributed by atoms with Gasteiger partial charge in [-0.2, -0.15) is 36.7 Å². The Kier molecular flexibility index (Phi) is 4.77. The SMILES string of the molecule is Cc1cc2ncc3c(n2n1)[C@](C)(C(F)(F)F)CN3C(=O)Nc1cc(C#N)nc(C(F)(F)F)c1. The van der Waals surface area contributed by atoms with Crippen molar-refractivity contribution in [3.63, 3.8) is 0 Å². The Labute approximate surface area is 181 Å². The number of rotatable bonds is 1. The molecular formula is C19H13F6N7O. The Morgan fingerprint density at radius 2 is 1.91 bits per heavy atom. The molecule has 1 aliphatic rings. The highest BCUT2D eigenvalue weighted by Gasteiger charge is 2.60. The zero-order chi connectivity index (χ0) is 24.3. The molecule has 172 valence electrons. The van der Waals surface area contributed by atoms with Crippen molar-refractivity contribution in [2.45, 2.75) is 31.6 Å². The minimum atomic E-state index is -4.91. The van der Waals surface area contributed by atoms with Gasteiger partial charge in [-0.25, -0.2) is 19.3 Å². The first-order valence-corrected chi connectivity index (χ1v) is 9.25. The van der Waals surface area contributed by atoms with E-state index in [1.807, 2.05) is 0 Å². The minimum absolute atomic E-state index is 0.145. The maximum absolute atomic E-state index is 14.1. The van der Waals surface area contributed by atoms with Gasteiger partial charge in [0.05, 0.1) is 23.3 Å².